The van der Waals surface area contributed by atoms with Crippen LogP contribution in [0.5, 0.6) is 0 Å². The summed E-state index contributed by atoms with van der Waals surface area (Å²) in [7, 11) is 3.23. The summed E-state index contributed by atoms with van der Waals surface area (Å²) in [6, 6.07) is 11.0. The molecule has 1 aromatic rings. The number of carbonyl (C=O) groups excluding carboxylic acids is 3. The molecular formula is C32H50N4O3. The Hall–Kier alpha value is -2.57. The van der Waals surface area contributed by atoms with Crippen molar-refractivity contribution in [1.82, 2.24) is 20.0 Å². The molecule has 39 heavy (non-hydrogen) atoms. The maximum Gasteiger partial charge on any atom is 0.321 e. The van der Waals surface area contributed by atoms with E-state index in [0.29, 0.717) is 18.4 Å². The molecule has 1 saturated heterocycles. The van der Waals surface area contributed by atoms with Gasteiger partial charge in [0.1, 0.15) is 12.1 Å². The number of hydrogen-bond acceptors (Lipinski definition) is 3. The van der Waals surface area contributed by atoms with Crippen molar-refractivity contribution in [2.75, 3.05) is 33.7 Å². The van der Waals surface area contributed by atoms with E-state index in [0.717, 1.165) is 32.2 Å². The number of benzene rings is 1. The molecule has 1 atom stereocenters. The van der Waals surface area contributed by atoms with Gasteiger partial charge < -0.3 is 20.0 Å². The highest BCUT2D eigenvalue weighted by molar-refractivity contribution is 5.92. The Morgan fingerprint density at radius 1 is 1.13 bits per heavy atom. The van der Waals surface area contributed by atoms with E-state index in [-0.39, 0.29) is 35.3 Å². The van der Waals surface area contributed by atoms with Crippen LogP contribution >= 0.6 is 0 Å². The van der Waals surface area contributed by atoms with Crippen LogP contribution in [-0.4, -0.2) is 77.4 Å². The largest absolute Gasteiger partial charge is 0.357 e. The maximum atomic E-state index is 13.9. The van der Waals surface area contributed by atoms with Gasteiger partial charge in [-0.05, 0) is 81.6 Å². The molecule has 3 fully saturated rings. The summed E-state index contributed by atoms with van der Waals surface area (Å²) in [6.07, 6.45) is 9.98. The highest BCUT2D eigenvalue weighted by atomic mass is 16.2. The van der Waals surface area contributed by atoms with Crippen molar-refractivity contribution in [3.05, 3.63) is 35.9 Å². The van der Waals surface area contributed by atoms with E-state index >= 15 is 0 Å². The average Bonchev–Trinajstić information content (AvgIpc) is 3.16. The molecule has 3 aliphatic rings. The van der Waals surface area contributed by atoms with Crippen LogP contribution < -0.4 is 5.32 Å². The Morgan fingerprint density at radius 3 is 2.31 bits per heavy atom. The van der Waals surface area contributed by atoms with Crippen molar-refractivity contribution >= 4 is 17.8 Å². The smallest absolute Gasteiger partial charge is 0.321 e. The standard InChI is InChI=1S/C32H50N4O3/c1-7-24(2)20-31(26-14-9-8-10-15-26)16-18-32(19-17-31)23-35(29(39)36(32)21-25-12-11-13-25)22-27(37)34(6)30(3,4)28(38)33-5/h8-10,14-15,24-25H,7,11-13,16-23H2,1-6H3,(H,33,38)/t24?,31-,32-. The zero-order chi connectivity index (χ0) is 28.4. The summed E-state index contributed by atoms with van der Waals surface area (Å²) >= 11 is 0. The van der Waals surface area contributed by atoms with Crippen molar-refractivity contribution in [3.8, 4) is 0 Å². The molecule has 0 radical (unpaired) electrons. The van der Waals surface area contributed by atoms with Gasteiger partial charge in [-0.2, -0.15) is 0 Å². The Balaban J connectivity index is 1.56. The van der Waals surface area contributed by atoms with Crippen LogP contribution in [0.15, 0.2) is 30.3 Å². The Bertz CT molecular complexity index is 1030. The molecule has 1 aliphatic heterocycles. The molecule has 0 aromatic heterocycles. The van der Waals surface area contributed by atoms with Crippen molar-refractivity contribution in [3.63, 3.8) is 0 Å². The first-order chi connectivity index (χ1) is 18.5. The van der Waals surface area contributed by atoms with E-state index in [1.165, 1.54) is 42.6 Å². The molecule has 2 saturated carbocycles. The monoisotopic (exact) mass is 538 g/mol. The van der Waals surface area contributed by atoms with Crippen LogP contribution in [0.3, 0.4) is 0 Å². The van der Waals surface area contributed by atoms with Crippen molar-refractivity contribution in [2.45, 2.75) is 102 Å². The lowest BCUT2D eigenvalue weighted by molar-refractivity contribution is -0.144. The van der Waals surface area contributed by atoms with Gasteiger partial charge in [-0.15, -0.1) is 0 Å². The van der Waals surface area contributed by atoms with Crippen molar-refractivity contribution in [2.24, 2.45) is 11.8 Å². The first kappa shape index (κ1) is 29.4. The molecule has 7 heteroatoms. The second-order valence-electron chi connectivity index (χ2n) is 13.2. The zero-order valence-electron chi connectivity index (χ0n) is 25.1. The zero-order valence-corrected chi connectivity index (χ0v) is 25.1. The highest BCUT2D eigenvalue weighted by Gasteiger charge is 2.55. The predicted molar refractivity (Wildman–Crippen MR) is 155 cm³/mol. The molecule has 4 amide bonds. The Labute approximate surface area is 235 Å². The molecule has 1 spiro atoms. The Kier molecular flexibility index (Phi) is 8.67. The molecule has 4 rings (SSSR count). The lowest BCUT2D eigenvalue weighted by Gasteiger charge is -2.50. The summed E-state index contributed by atoms with van der Waals surface area (Å²) in [5.74, 6) is 0.782. The third kappa shape index (κ3) is 5.69. The van der Waals surface area contributed by atoms with Crippen LogP contribution in [0.25, 0.3) is 0 Å². The first-order valence-corrected chi connectivity index (χ1v) is 15.1. The van der Waals surface area contributed by atoms with Crippen LogP contribution in [0.4, 0.5) is 4.79 Å². The van der Waals surface area contributed by atoms with Gasteiger partial charge in [-0.3, -0.25) is 9.59 Å². The molecule has 216 valence electrons. The van der Waals surface area contributed by atoms with Crippen molar-refractivity contribution < 1.29 is 14.4 Å². The molecule has 1 N–H and O–H groups in total. The van der Waals surface area contributed by atoms with E-state index in [1.54, 1.807) is 32.8 Å². The fraction of sp³-hybridized carbons (Fsp3) is 0.719. The highest BCUT2D eigenvalue weighted by Crippen LogP contribution is 2.51. The third-order valence-corrected chi connectivity index (χ3v) is 10.5. The third-order valence-electron chi connectivity index (χ3n) is 10.5. The van der Waals surface area contributed by atoms with Crippen LogP contribution in [0.2, 0.25) is 0 Å². The molecule has 1 unspecified atom stereocenters. The SMILES string of the molecule is CCC(C)C[C@]1(c2ccccc2)CC[C@]2(CC1)CN(CC(=O)N(C)C(C)(C)C(=O)NC)C(=O)N2CC1CCC1. The van der Waals surface area contributed by atoms with Gasteiger partial charge in [0.2, 0.25) is 11.8 Å². The Morgan fingerprint density at radius 2 is 1.77 bits per heavy atom. The first-order valence-electron chi connectivity index (χ1n) is 15.1. The normalized spacial score (nSPS) is 26.5. The van der Waals surface area contributed by atoms with Crippen molar-refractivity contribution in [1.29, 1.82) is 0 Å². The molecule has 2 aliphatic carbocycles. The number of rotatable bonds is 10. The molecule has 7 nitrogen and oxygen atoms in total. The summed E-state index contributed by atoms with van der Waals surface area (Å²) in [6.45, 7) is 9.51. The summed E-state index contributed by atoms with van der Waals surface area (Å²) < 4.78 is 0. The number of hydrogen-bond donors (Lipinski definition) is 1. The average molecular weight is 539 g/mol. The van der Waals surface area contributed by atoms with E-state index in [1.807, 2.05) is 0 Å². The number of nitrogens with one attached hydrogen (secondary N) is 1. The van der Waals surface area contributed by atoms with Gasteiger partial charge in [0.25, 0.3) is 0 Å². The topological polar surface area (TPSA) is 73.0 Å². The van der Waals surface area contributed by atoms with Crippen LogP contribution in [0, 0.1) is 11.8 Å². The van der Waals surface area contributed by atoms with Gasteiger partial charge in [-0.1, -0.05) is 57.0 Å². The number of likely N-dealkylation sites (N-methyl/N-ethyl adjacent to an activating group) is 2. The number of nitrogens with zero attached hydrogens (tertiary/aromatic N) is 3. The maximum absolute atomic E-state index is 13.9. The molecule has 1 aromatic carbocycles. The van der Waals surface area contributed by atoms with Gasteiger partial charge in [0.05, 0.1) is 5.54 Å². The second-order valence-corrected chi connectivity index (χ2v) is 13.2. The van der Waals surface area contributed by atoms with E-state index in [9.17, 15) is 14.4 Å². The lowest BCUT2D eigenvalue weighted by atomic mass is 9.60. The fourth-order valence-corrected chi connectivity index (χ4v) is 7.09. The quantitative estimate of drug-likeness (QED) is 0.445. The summed E-state index contributed by atoms with van der Waals surface area (Å²) in [5.41, 5.74) is 0.345. The van der Waals surface area contributed by atoms with Crippen LogP contribution in [-0.2, 0) is 15.0 Å². The lowest BCUT2D eigenvalue weighted by Crippen LogP contribution is -2.56. The van der Waals surface area contributed by atoms with E-state index in [4.69, 9.17) is 0 Å². The van der Waals surface area contributed by atoms with E-state index < -0.39 is 5.54 Å². The number of amides is 4. The van der Waals surface area contributed by atoms with E-state index in [2.05, 4.69) is 54.4 Å². The minimum absolute atomic E-state index is 0.00413. The molecule has 1 heterocycles. The molecular weight excluding hydrogens is 488 g/mol. The number of urea groups is 1. The fourth-order valence-electron chi connectivity index (χ4n) is 7.09. The van der Waals surface area contributed by atoms with Gasteiger partial charge >= 0.3 is 6.03 Å². The van der Waals surface area contributed by atoms with Gasteiger partial charge in [0, 0.05) is 27.2 Å². The van der Waals surface area contributed by atoms with Crippen LogP contribution in [0.1, 0.15) is 91.0 Å². The summed E-state index contributed by atoms with van der Waals surface area (Å²) in [4.78, 5) is 45.1. The second kappa shape index (κ2) is 11.5. The van der Waals surface area contributed by atoms with Gasteiger partial charge in [0.15, 0.2) is 0 Å². The van der Waals surface area contributed by atoms with Gasteiger partial charge in [-0.25, -0.2) is 4.79 Å². The molecule has 0 bridgehead atoms. The summed E-state index contributed by atoms with van der Waals surface area (Å²) in [5, 5.41) is 2.65. The minimum Gasteiger partial charge on any atom is -0.357 e. The minimum atomic E-state index is -0.992. The predicted octanol–water partition coefficient (Wildman–Crippen LogP) is 5.19. The number of carbonyl (C=O) groups is 3.